The van der Waals surface area contributed by atoms with Crippen LogP contribution in [0.15, 0.2) is 56.8 Å². The van der Waals surface area contributed by atoms with Gasteiger partial charge in [0, 0.05) is 42.4 Å². The van der Waals surface area contributed by atoms with Crippen LogP contribution in [0.25, 0.3) is 43.8 Å². The van der Waals surface area contributed by atoms with E-state index in [1.165, 1.54) is 6.07 Å². The molecule has 43 heavy (non-hydrogen) atoms. The number of aromatic nitrogens is 2. The largest absolute Gasteiger partial charge is 0.453 e. The zero-order valence-electron chi connectivity index (χ0n) is 24.6. The van der Waals surface area contributed by atoms with Gasteiger partial charge in [0.1, 0.15) is 17.1 Å². The number of nitrogens with zero attached hydrogens (tertiary/aromatic N) is 5. The highest BCUT2D eigenvalue weighted by atomic mass is 16.6. The molecule has 4 aromatic rings. The molecule has 0 radical (unpaired) electrons. The Bertz CT molecular complexity index is 1530. The molecule has 0 spiro atoms. The third kappa shape index (κ3) is 9.79. The Morgan fingerprint density at radius 3 is 2.12 bits per heavy atom. The van der Waals surface area contributed by atoms with E-state index in [4.69, 9.17) is 33.6 Å². The summed E-state index contributed by atoms with van der Waals surface area (Å²) >= 11 is 0. The molecule has 0 aliphatic carbocycles. The van der Waals surface area contributed by atoms with Crippen LogP contribution in [0.5, 0.6) is 0 Å². The number of H-pyrrole nitrogens is 1. The number of likely N-dealkylation sites (N-methyl/N-ethyl adjacent to an activating group) is 1. The van der Waals surface area contributed by atoms with Crippen LogP contribution in [0.3, 0.4) is 0 Å². The van der Waals surface area contributed by atoms with Crippen molar-refractivity contribution in [3.63, 3.8) is 0 Å². The highest BCUT2D eigenvalue weighted by Gasteiger charge is 2.13. The first-order chi connectivity index (χ1) is 21.1. The number of imidazole rings is 1. The second-order valence-electron chi connectivity index (χ2n) is 9.62. The van der Waals surface area contributed by atoms with E-state index in [0.29, 0.717) is 101 Å². The maximum absolute atomic E-state index is 12.8. The summed E-state index contributed by atoms with van der Waals surface area (Å²) in [6.45, 7) is 7.71. The first kappa shape index (κ1) is 32.0. The molecule has 230 valence electrons. The molecule has 2 aromatic carbocycles. The molecule has 13 nitrogen and oxygen atoms in total. The molecule has 1 N–H and O–H groups in total. The van der Waals surface area contributed by atoms with Gasteiger partial charge < -0.3 is 38.0 Å². The first-order valence-electron chi connectivity index (χ1n) is 14.2. The number of nitrogens with one attached hydrogen (secondary N) is 1. The zero-order chi connectivity index (χ0) is 30.3. The summed E-state index contributed by atoms with van der Waals surface area (Å²) < 4.78 is 33.5. The molecule has 0 bridgehead atoms. The van der Waals surface area contributed by atoms with Crippen molar-refractivity contribution in [2.75, 3.05) is 91.1 Å². The van der Waals surface area contributed by atoms with Crippen molar-refractivity contribution < 1.29 is 28.1 Å². The molecular weight excluding hydrogens is 556 g/mol. The van der Waals surface area contributed by atoms with E-state index in [1.807, 2.05) is 44.3 Å². The van der Waals surface area contributed by atoms with Gasteiger partial charge in [0.2, 0.25) is 0 Å². The Kier molecular flexibility index (Phi) is 12.8. The minimum absolute atomic E-state index is 0.0990. The van der Waals surface area contributed by atoms with Gasteiger partial charge in [-0.25, -0.2) is 4.98 Å². The predicted molar refractivity (Wildman–Crippen MR) is 164 cm³/mol. The van der Waals surface area contributed by atoms with Gasteiger partial charge in [-0.15, -0.1) is 0 Å². The average molecular weight is 595 g/mol. The third-order valence-corrected chi connectivity index (χ3v) is 6.52. The summed E-state index contributed by atoms with van der Waals surface area (Å²) in [4.78, 5) is 25.2. The number of benzene rings is 2. The van der Waals surface area contributed by atoms with Crippen molar-refractivity contribution in [1.82, 2.24) is 9.97 Å². The van der Waals surface area contributed by atoms with Crippen molar-refractivity contribution in [3.8, 4) is 11.3 Å². The fourth-order valence-corrected chi connectivity index (χ4v) is 4.29. The normalized spacial score (nSPS) is 11.3. The first-order valence-corrected chi connectivity index (χ1v) is 14.2. The zero-order valence-corrected chi connectivity index (χ0v) is 24.6. The smallest absolute Gasteiger partial charge is 0.193 e. The van der Waals surface area contributed by atoms with Gasteiger partial charge in [0.25, 0.3) is 0 Å². The number of aromatic amines is 1. The molecule has 0 saturated carbocycles. The molecule has 2 heterocycles. The average Bonchev–Trinajstić information content (AvgIpc) is 3.41. The van der Waals surface area contributed by atoms with E-state index in [-0.39, 0.29) is 5.43 Å². The van der Waals surface area contributed by atoms with Crippen molar-refractivity contribution in [2.24, 2.45) is 5.11 Å². The van der Waals surface area contributed by atoms with Crippen molar-refractivity contribution in [3.05, 3.63) is 69.0 Å². The molecule has 13 heteroatoms. The van der Waals surface area contributed by atoms with Crippen LogP contribution in [-0.4, -0.2) is 96.2 Å². The predicted octanol–water partition coefficient (Wildman–Crippen LogP) is 4.47. The Morgan fingerprint density at radius 1 is 0.884 bits per heavy atom. The maximum atomic E-state index is 12.8. The van der Waals surface area contributed by atoms with Crippen molar-refractivity contribution in [1.29, 1.82) is 0 Å². The van der Waals surface area contributed by atoms with Gasteiger partial charge in [-0.05, 0) is 48.9 Å². The monoisotopic (exact) mass is 594 g/mol. The molecule has 0 unspecified atom stereocenters. The minimum Gasteiger partial charge on any atom is -0.453 e. The van der Waals surface area contributed by atoms with Crippen LogP contribution in [0.4, 0.5) is 5.69 Å². The van der Waals surface area contributed by atoms with Gasteiger partial charge in [-0.1, -0.05) is 5.11 Å². The standard InChI is InChI=1S/C30H38N6O7/c1-22-33-26-8-7-25-27(37)21-28(43-30(25)29(26)34-22)23-3-5-24(6-4-23)36(2)10-12-39-14-16-41-18-20-42-19-17-40-15-13-38-11-9-32-35-31/h3-8,21H,9-20H2,1-2H3,(H,33,34). The van der Waals surface area contributed by atoms with Crippen molar-refractivity contribution in [2.45, 2.75) is 6.92 Å². The molecule has 0 aliphatic rings. The second kappa shape index (κ2) is 17.2. The number of fused-ring (bicyclic) bond motifs is 3. The second-order valence-corrected chi connectivity index (χ2v) is 9.62. The summed E-state index contributed by atoms with van der Waals surface area (Å²) in [7, 11) is 2.00. The van der Waals surface area contributed by atoms with Crippen LogP contribution in [-0.2, 0) is 23.7 Å². The van der Waals surface area contributed by atoms with Gasteiger partial charge in [-0.2, -0.15) is 0 Å². The molecule has 4 rings (SSSR count). The van der Waals surface area contributed by atoms with Gasteiger partial charge in [-0.3, -0.25) is 4.79 Å². The number of ether oxygens (including phenoxy) is 5. The molecule has 2 aromatic heterocycles. The number of aryl methyl sites for hydroxylation is 1. The fraction of sp³-hybridized carbons (Fsp3) is 0.467. The number of rotatable bonds is 20. The number of anilines is 1. The van der Waals surface area contributed by atoms with Crippen LogP contribution in [0, 0.1) is 6.92 Å². The van der Waals surface area contributed by atoms with Crippen LogP contribution in [0.1, 0.15) is 5.82 Å². The SMILES string of the molecule is Cc1nc2c(ccc3c(=O)cc(-c4ccc(N(C)CCOCCOCCOCCOCCOCCN=[N+]=[N-])cc4)oc32)[nH]1. The Balaban J connectivity index is 1.08. The summed E-state index contributed by atoms with van der Waals surface area (Å²) in [5, 5.41) is 3.89. The molecule has 0 amide bonds. The summed E-state index contributed by atoms with van der Waals surface area (Å²) in [5.74, 6) is 1.27. The Hall–Kier alpha value is -3.97. The van der Waals surface area contributed by atoms with Gasteiger partial charge in [0.05, 0.1) is 77.0 Å². The summed E-state index contributed by atoms with van der Waals surface area (Å²) in [6, 6.07) is 13.0. The number of hydrogen-bond acceptors (Lipinski definition) is 10. The number of hydrogen-bond donors (Lipinski definition) is 1. The number of azide groups is 1. The van der Waals surface area contributed by atoms with Crippen LogP contribution in [0.2, 0.25) is 0 Å². The van der Waals surface area contributed by atoms with Gasteiger partial charge in [0.15, 0.2) is 11.0 Å². The van der Waals surface area contributed by atoms with Crippen LogP contribution >= 0.6 is 0 Å². The highest BCUT2D eigenvalue weighted by Crippen LogP contribution is 2.28. The molecule has 0 fully saturated rings. The quantitative estimate of drug-likeness (QED) is 0.0674. The van der Waals surface area contributed by atoms with E-state index >= 15 is 0 Å². The topological polar surface area (TPSA) is 157 Å². The highest BCUT2D eigenvalue weighted by molar-refractivity contribution is 6.00. The lowest BCUT2D eigenvalue weighted by Gasteiger charge is -2.19. The lowest BCUT2D eigenvalue weighted by molar-refractivity contribution is -0.0100. The Labute approximate surface area is 249 Å². The molecule has 0 saturated heterocycles. The van der Waals surface area contributed by atoms with E-state index < -0.39 is 0 Å². The van der Waals surface area contributed by atoms with E-state index in [2.05, 4.69) is 24.9 Å². The Morgan fingerprint density at radius 2 is 1.49 bits per heavy atom. The van der Waals surface area contributed by atoms with Gasteiger partial charge >= 0.3 is 0 Å². The van der Waals surface area contributed by atoms with E-state index in [1.54, 1.807) is 6.07 Å². The minimum atomic E-state index is -0.0990. The van der Waals surface area contributed by atoms with Crippen LogP contribution < -0.4 is 10.3 Å². The molecular formula is C30H38N6O7. The molecule has 0 atom stereocenters. The molecule has 0 aliphatic heterocycles. The fourth-order valence-electron chi connectivity index (χ4n) is 4.29. The lowest BCUT2D eigenvalue weighted by atomic mass is 10.1. The summed E-state index contributed by atoms with van der Waals surface area (Å²) in [6.07, 6.45) is 0. The summed E-state index contributed by atoms with van der Waals surface area (Å²) in [5.41, 5.74) is 11.9. The maximum Gasteiger partial charge on any atom is 0.193 e. The van der Waals surface area contributed by atoms with E-state index in [0.717, 1.165) is 22.6 Å². The third-order valence-electron chi connectivity index (χ3n) is 6.52. The van der Waals surface area contributed by atoms with E-state index in [9.17, 15) is 4.79 Å². The van der Waals surface area contributed by atoms with Crippen molar-refractivity contribution >= 4 is 27.7 Å². The lowest BCUT2D eigenvalue weighted by Crippen LogP contribution is -2.23.